The summed E-state index contributed by atoms with van der Waals surface area (Å²) in [6.45, 7) is 4.24. The van der Waals surface area contributed by atoms with Crippen LogP contribution in [0.5, 0.6) is 5.75 Å². The second kappa shape index (κ2) is 6.63. The number of ether oxygens (including phenoxy) is 1. The summed E-state index contributed by atoms with van der Waals surface area (Å²) in [6.07, 6.45) is 2.60. The highest BCUT2D eigenvalue weighted by atomic mass is 19.1. The van der Waals surface area contributed by atoms with E-state index in [1.54, 1.807) is 31.5 Å². The molecular formula is C19H24FN3O3. The Morgan fingerprint density at radius 3 is 2.69 bits per heavy atom. The molecule has 0 fully saturated rings. The summed E-state index contributed by atoms with van der Waals surface area (Å²) < 4.78 is 22.1. The third-order valence-corrected chi connectivity index (χ3v) is 5.01. The molecule has 1 aromatic heterocycles. The number of aromatic nitrogens is 2. The number of imidazole rings is 1. The molecule has 3 rings (SSSR count). The SMILES string of the molecule is COc1ccc(C(C)(C)NC(=O)c2c3n(c(=O)n2C)CCCC3)cc1F. The Hall–Kier alpha value is -2.57. The standard InChI is InChI=1S/C19H24FN3O3/c1-19(2,12-8-9-15(26-4)13(20)11-12)21-17(24)16-14-7-5-6-10-23(14)18(25)22(16)3/h8-9,11H,5-7,10H2,1-4H3,(H,21,24). The smallest absolute Gasteiger partial charge is 0.328 e. The molecule has 0 saturated carbocycles. The van der Waals surface area contributed by atoms with Crippen molar-refractivity contribution >= 4 is 5.91 Å². The first kappa shape index (κ1) is 18.2. The molecule has 0 unspecified atom stereocenters. The molecule has 0 atom stereocenters. The van der Waals surface area contributed by atoms with E-state index in [1.165, 1.54) is 23.8 Å². The van der Waals surface area contributed by atoms with Crippen LogP contribution in [0.25, 0.3) is 0 Å². The van der Waals surface area contributed by atoms with Crippen molar-refractivity contribution in [1.29, 1.82) is 0 Å². The molecule has 26 heavy (non-hydrogen) atoms. The van der Waals surface area contributed by atoms with Gasteiger partial charge in [0, 0.05) is 13.6 Å². The minimum absolute atomic E-state index is 0.153. The third kappa shape index (κ3) is 3.02. The van der Waals surface area contributed by atoms with Gasteiger partial charge in [0.1, 0.15) is 5.69 Å². The van der Waals surface area contributed by atoms with Crippen molar-refractivity contribution in [3.8, 4) is 5.75 Å². The quantitative estimate of drug-likeness (QED) is 0.909. The summed E-state index contributed by atoms with van der Waals surface area (Å²) >= 11 is 0. The molecule has 1 N–H and O–H groups in total. The average Bonchev–Trinajstić information content (AvgIpc) is 2.86. The Balaban J connectivity index is 1.92. The zero-order chi connectivity index (χ0) is 19.1. The average molecular weight is 361 g/mol. The number of rotatable bonds is 4. The van der Waals surface area contributed by atoms with Crippen LogP contribution in [0.4, 0.5) is 4.39 Å². The van der Waals surface area contributed by atoms with Gasteiger partial charge in [-0.1, -0.05) is 6.07 Å². The number of nitrogens with one attached hydrogen (secondary N) is 1. The van der Waals surface area contributed by atoms with Gasteiger partial charge >= 0.3 is 5.69 Å². The molecule has 1 aliphatic rings. The lowest BCUT2D eigenvalue weighted by Gasteiger charge is -2.27. The Labute approximate surface area is 151 Å². The first-order chi connectivity index (χ1) is 12.3. The molecule has 0 bridgehead atoms. The monoisotopic (exact) mass is 361 g/mol. The fourth-order valence-electron chi connectivity index (χ4n) is 3.51. The van der Waals surface area contributed by atoms with Crippen LogP contribution >= 0.6 is 0 Å². The van der Waals surface area contributed by atoms with Crippen LogP contribution in [0.15, 0.2) is 23.0 Å². The van der Waals surface area contributed by atoms with Gasteiger partial charge in [0.25, 0.3) is 5.91 Å². The second-order valence-electron chi connectivity index (χ2n) is 7.17. The fourth-order valence-corrected chi connectivity index (χ4v) is 3.51. The minimum atomic E-state index is -0.816. The van der Waals surface area contributed by atoms with Crippen LogP contribution in [0, 0.1) is 5.82 Å². The Bertz CT molecular complexity index is 911. The van der Waals surface area contributed by atoms with E-state index >= 15 is 0 Å². The van der Waals surface area contributed by atoms with E-state index in [2.05, 4.69) is 5.32 Å². The molecule has 6 nitrogen and oxygen atoms in total. The number of fused-ring (bicyclic) bond motifs is 1. The number of hydrogen-bond donors (Lipinski definition) is 1. The highest BCUT2D eigenvalue weighted by molar-refractivity contribution is 5.94. The molecular weight excluding hydrogens is 337 g/mol. The normalized spacial score (nSPS) is 14.0. The minimum Gasteiger partial charge on any atom is -0.494 e. The molecule has 1 aliphatic heterocycles. The molecule has 0 radical (unpaired) electrons. The van der Waals surface area contributed by atoms with Crippen LogP contribution in [-0.4, -0.2) is 22.2 Å². The van der Waals surface area contributed by atoms with Crippen molar-refractivity contribution in [3.05, 3.63) is 51.5 Å². The van der Waals surface area contributed by atoms with Crippen LogP contribution in [0.2, 0.25) is 0 Å². The lowest BCUT2D eigenvalue weighted by atomic mass is 9.93. The molecule has 0 aliphatic carbocycles. The second-order valence-corrected chi connectivity index (χ2v) is 7.17. The number of benzene rings is 1. The molecule has 140 valence electrons. The number of carbonyl (C=O) groups excluding carboxylic acids is 1. The predicted molar refractivity (Wildman–Crippen MR) is 96.1 cm³/mol. The number of methoxy groups -OCH3 is 1. The Morgan fingerprint density at radius 2 is 2.04 bits per heavy atom. The Kier molecular flexibility index (Phi) is 4.64. The van der Waals surface area contributed by atoms with Crippen molar-refractivity contribution < 1.29 is 13.9 Å². The van der Waals surface area contributed by atoms with Crippen molar-refractivity contribution in [2.45, 2.75) is 45.2 Å². The van der Waals surface area contributed by atoms with E-state index < -0.39 is 11.4 Å². The van der Waals surface area contributed by atoms with Gasteiger partial charge in [-0.15, -0.1) is 0 Å². The lowest BCUT2D eigenvalue weighted by molar-refractivity contribution is 0.0901. The summed E-state index contributed by atoms with van der Waals surface area (Å²) in [5.41, 5.74) is 0.791. The van der Waals surface area contributed by atoms with Gasteiger partial charge in [-0.2, -0.15) is 0 Å². The lowest BCUT2D eigenvalue weighted by Crippen LogP contribution is -2.42. The van der Waals surface area contributed by atoms with Crippen LogP contribution < -0.4 is 15.7 Å². The van der Waals surface area contributed by atoms with Crippen molar-refractivity contribution in [2.24, 2.45) is 7.05 Å². The van der Waals surface area contributed by atoms with E-state index in [4.69, 9.17) is 4.74 Å². The number of nitrogens with zero attached hydrogens (tertiary/aromatic N) is 2. The molecule has 7 heteroatoms. The maximum Gasteiger partial charge on any atom is 0.328 e. The van der Waals surface area contributed by atoms with E-state index in [1.807, 2.05) is 0 Å². The first-order valence-corrected chi connectivity index (χ1v) is 8.71. The highest BCUT2D eigenvalue weighted by Crippen LogP contribution is 2.26. The van der Waals surface area contributed by atoms with E-state index in [9.17, 15) is 14.0 Å². The van der Waals surface area contributed by atoms with Gasteiger partial charge in [0.05, 0.1) is 18.3 Å². The van der Waals surface area contributed by atoms with Crippen molar-refractivity contribution in [2.75, 3.05) is 7.11 Å². The van der Waals surface area contributed by atoms with Crippen LogP contribution in [-0.2, 0) is 25.6 Å². The zero-order valence-electron chi connectivity index (χ0n) is 15.6. The molecule has 0 saturated heterocycles. The van der Waals surface area contributed by atoms with Gasteiger partial charge < -0.3 is 10.1 Å². The molecule has 0 spiro atoms. The fraction of sp³-hybridized carbons (Fsp3) is 0.474. The van der Waals surface area contributed by atoms with Crippen LogP contribution in [0.1, 0.15) is 48.4 Å². The van der Waals surface area contributed by atoms with E-state index in [-0.39, 0.29) is 17.3 Å². The number of amides is 1. The first-order valence-electron chi connectivity index (χ1n) is 8.71. The molecule has 2 aromatic rings. The number of halogens is 1. The summed E-state index contributed by atoms with van der Waals surface area (Å²) in [5, 5.41) is 2.94. The van der Waals surface area contributed by atoms with E-state index in [0.717, 1.165) is 18.5 Å². The van der Waals surface area contributed by atoms with Gasteiger partial charge in [0.15, 0.2) is 11.6 Å². The topological polar surface area (TPSA) is 65.3 Å². The van der Waals surface area contributed by atoms with Crippen molar-refractivity contribution in [1.82, 2.24) is 14.5 Å². The van der Waals surface area contributed by atoms with Crippen molar-refractivity contribution in [3.63, 3.8) is 0 Å². The maximum atomic E-state index is 14.0. The molecule has 1 aromatic carbocycles. The summed E-state index contributed by atoms with van der Waals surface area (Å²) in [7, 11) is 3.02. The third-order valence-electron chi connectivity index (χ3n) is 5.01. The predicted octanol–water partition coefficient (Wildman–Crippen LogP) is 2.34. The highest BCUT2D eigenvalue weighted by Gasteiger charge is 2.30. The van der Waals surface area contributed by atoms with Gasteiger partial charge in [-0.25, -0.2) is 9.18 Å². The van der Waals surface area contributed by atoms with Gasteiger partial charge in [0.2, 0.25) is 0 Å². The summed E-state index contributed by atoms with van der Waals surface area (Å²) in [5.74, 6) is -0.665. The maximum absolute atomic E-state index is 14.0. The van der Waals surface area contributed by atoms with Crippen LogP contribution in [0.3, 0.4) is 0 Å². The zero-order valence-corrected chi connectivity index (χ0v) is 15.6. The molecule has 2 heterocycles. The molecule has 1 amide bonds. The number of carbonyl (C=O) groups is 1. The number of hydrogen-bond acceptors (Lipinski definition) is 3. The summed E-state index contributed by atoms with van der Waals surface area (Å²) in [4.78, 5) is 25.3. The largest absolute Gasteiger partial charge is 0.494 e. The van der Waals surface area contributed by atoms with Gasteiger partial charge in [-0.3, -0.25) is 13.9 Å². The Morgan fingerprint density at radius 1 is 1.31 bits per heavy atom. The van der Waals surface area contributed by atoms with E-state index in [0.29, 0.717) is 24.2 Å². The summed E-state index contributed by atoms with van der Waals surface area (Å²) in [6, 6.07) is 4.61. The van der Waals surface area contributed by atoms with Gasteiger partial charge in [-0.05, 0) is 50.8 Å².